The summed E-state index contributed by atoms with van der Waals surface area (Å²) in [6.45, 7) is 4.26. The zero-order valence-electron chi connectivity index (χ0n) is 11.1. The molecular formula is C14H18F2N2O. The number of hydrogen-bond donors (Lipinski definition) is 1. The number of fused-ring (bicyclic) bond motifs is 1. The van der Waals surface area contributed by atoms with Crippen molar-refractivity contribution in [3.05, 3.63) is 34.9 Å². The number of hydrogen-bond acceptors (Lipinski definition) is 2. The third-order valence-corrected chi connectivity index (χ3v) is 3.77. The maximum atomic E-state index is 13.7. The van der Waals surface area contributed by atoms with Crippen molar-refractivity contribution in [1.82, 2.24) is 4.90 Å². The molecule has 2 rings (SSSR count). The van der Waals surface area contributed by atoms with E-state index in [1.54, 1.807) is 18.7 Å². The van der Waals surface area contributed by atoms with Crippen LogP contribution in [0.15, 0.2) is 12.1 Å². The highest BCUT2D eigenvalue weighted by Crippen LogP contribution is 2.32. The maximum absolute atomic E-state index is 13.7. The van der Waals surface area contributed by atoms with Crippen LogP contribution in [-0.4, -0.2) is 23.9 Å². The van der Waals surface area contributed by atoms with Gasteiger partial charge in [0.25, 0.3) is 0 Å². The molecule has 1 aliphatic heterocycles. The monoisotopic (exact) mass is 268 g/mol. The summed E-state index contributed by atoms with van der Waals surface area (Å²) in [7, 11) is 0. The summed E-state index contributed by atoms with van der Waals surface area (Å²) >= 11 is 0. The van der Waals surface area contributed by atoms with Crippen LogP contribution in [0.25, 0.3) is 0 Å². The molecule has 0 radical (unpaired) electrons. The average Bonchev–Trinajstić information content (AvgIpc) is 2.38. The van der Waals surface area contributed by atoms with Gasteiger partial charge >= 0.3 is 0 Å². The van der Waals surface area contributed by atoms with E-state index in [4.69, 9.17) is 5.73 Å². The second kappa shape index (κ2) is 5.25. The lowest BCUT2D eigenvalue weighted by Gasteiger charge is -2.36. The van der Waals surface area contributed by atoms with E-state index in [1.807, 2.05) is 0 Å². The molecule has 0 aromatic heterocycles. The number of amides is 1. The third kappa shape index (κ3) is 2.47. The van der Waals surface area contributed by atoms with Crippen molar-refractivity contribution < 1.29 is 13.6 Å². The molecule has 2 N–H and O–H groups in total. The van der Waals surface area contributed by atoms with Crippen molar-refractivity contribution in [1.29, 1.82) is 0 Å². The molecule has 0 fully saturated rings. The quantitative estimate of drug-likeness (QED) is 0.891. The zero-order chi connectivity index (χ0) is 14.2. The van der Waals surface area contributed by atoms with Crippen LogP contribution < -0.4 is 5.73 Å². The van der Waals surface area contributed by atoms with Gasteiger partial charge in [0.05, 0.1) is 6.04 Å². The molecule has 5 heteroatoms. The van der Waals surface area contributed by atoms with Gasteiger partial charge in [0, 0.05) is 25.1 Å². The van der Waals surface area contributed by atoms with Gasteiger partial charge in [-0.15, -0.1) is 0 Å². The second-order valence-electron chi connectivity index (χ2n) is 5.05. The lowest BCUT2D eigenvalue weighted by atomic mass is 9.92. The number of nitrogens with zero attached hydrogens (tertiary/aromatic N) is 1. The summed E-state index contributed by atoms with van der Waals surface area (Å²) < 4.78 is 27.0. The second-order valence-corrected chi connectivity index (χ2v) is 5.05. The molecule has 0 aliphatic carbocycles. The Labute approximate surface area is 111 Å². The van der Waals surface area contributed by atoms with Gasteiger partial charge in [-0.1, -0.05) is 6.92 Å². The number of benzene rings is 1. The SMILES string of the molecule is CC(CN)C(=O)N1CCc2c(F)cc(F)cc2C1C. The highest BCUT2D eigenvalue weighted by atomic mass is 19.1. The Hall–Kier alpha value is -1.49. The van der Waals surface area contributed by atoms with Crippen LogP contribution in [0.4, 0.5) is 8.78 Å². The van der Waals surface area contributed by atoms with Gasteiger partial charge in [0.15, 0.2) is 0 Å². The van der Waals surface area contributed by atoms with Gasteiger partial charge < -0.3 is 10.6 Å². The van der Waals surface area contributed by atoms with Gasteiger partial charge in [-0.05, 0) is 30.5 Å². The van der Waals surface area contributed by atoms with Crippen molar-refractivity contribution in [2.24, 2.45) is 11.7 Å². The fraction of sp³-hybridized carbons (Fsp3) is 0.500. The summed E-state index contributed by atoms with van der Waals surface area (Å²) in [5.74, 6) is -1.47. The molecule has 2 atom stereocenters. The summed E-state index contributed by atoms with van der Waals surface area (Å²) in [4.78, 5) is 13.8. The Kier molecular flexibility index (Phi) is 3.85. The molecular weight excluding hydrogens is 250 g/mol. The molecule has 0 bridgehead atoms. The van der Waals surface area contributed by atoms with Crippen LogP contribution in [0.3, 0.4) is 0 Å². The van der Waals surface area contributed by atoms with Crippen LogP contribution in [-0.2, 0) is 11.2 Å². The maximum Gasteiger partial charge on any atom is 0.227 e. The number of carbonyl (C=O) groups is 1. The van der Waals surface area contributed by atoms with E-state index < -0.39 is 11.6 Å². The summed E-state index contributed by atoms with van der Waals surface area (Å²) in [5, 5.41) is 0. The molecule has 19 heavy (non-hydrogen) atoms. The van der Waals surface area contributed by atoms with Crippen molar-refractivity contribution >= 4 is 5.91 Å². The molecule has 1 aromatic carbocycles. The van der Waals surface area contributed by atoms with E-state index in [9.17, 15) is 13.6 Å². The van der Waals surface area contributed by atoms with E-state index in [2.05, 4.69) is 0 Å². The predicted octanol–water partition coefficient (Wildman–Crippen LogP) is 2.01. The molecule has 3 nitrogen and oxygen atoms in total. The van der Waals surface area contributed by atoms with Gasteiger partial charge in [-0.25, -0.2) is 8.78 Å². The van der Waals surface area contributed by atoms with Crippen molar-refractivity contribution in [3.63, 3.8) is 0 Å². The fourth-order valence-corrected chi connectivity index (χ4v) is 2.54. The average molecular weight is 268 g/mol. The first-order valence-electron chi connectivity index (χ1n) is 6.44. The van der Waals surface area contributed by atoms with Crippen LogP contribution in [0.2, 0.25) is 0 Å². The first kappa shape index (κ1) is 13.9. The van der Waals surface area contributed by atoms with Crippen molar-refractivity contribution in [2.75, 3.05) is 13.1 Å². The molecule has 1 aromatic rings. The number of carbonyl (C=O) groups excluding carboxylic acids is 1. The smallest absolute Gasteiger partial charge is 0.227 e. The Morgan fingerprint density at radius 3 is 2.84 bits per heavy atom. The minimum absolute atomic E-state index is 0.0645. The highest BCUT2D eigenvalue weighted by molar-refractivity contribution is 5.79. The number of halogens is 2. The zero-order valence-corrected chi connectivity index (χ0v) is 11.1. The van der Waals surface area contributed by atoms with E-state index in [-0.39, 0.29) is 24.4 Å². The van der Waals surface area contributed by atoms with Crippen LogP contribution in [0, 0.1) is 17.6 Å². The largest absolute Gasteiger partial charge is 0.335 e. The molecule has 0 saturated heterocycles. The Morgan fingerprint density at radius 1 is 1.53 bits per heavy atom. The van der Waals surface area contributed by atoms with Gasteiger partial charge in [0.1, 0.15) is 11.6 Å². The number of rotatable bonds is 2. The first-order valence-corrected chi connectivity index (χ1v) is 6.44. The Bertz CT molecular complexity index is 504. The minimum Gasteiger partial charge on any atom is -0.335 e. The minimum atomic E-state index is -0.607. The van der Waals surface area contributed by atoms with Crippen LogP contribution in [0.1, 0.15) is 31.0 Å². The molecule has 0 saturated carbocycles. The van der Waals surface area contributed by atoms with Crippen molar-refractivity contribution in [2.45, 2.75) is 26.3 Å². The van der Waals surface area contributed by atoms with Crippen LogP contribution in [0.5, 0.6) is 0 Å². The molecule has 1 amide bonds. The third-order valence-electron chi connectivity index (χ3n) is 3.77. The van der Waals surface area contributed by atoms with Gasteiger partial charge in [0.2, 0.25) is 5.91 Å². The highest BCUT2D eigenvalue weighted by Gasteiger charge is 2.31. The Balaban J connectivity index is 2.34. The molecule has 0 spiro atoms. The fourth-order valence-electron chi connectivity index (χ4n) is 2.54. The molecule has 2 unspecified atom stereocenters. The summed E-state index contributed by atoms with van der Waals surface area (Å²) in [6.07, 6.45) is 0.412. The normalized spacial score (nSPS) is 20.1. The molecule has 1 aliphatic rings. The van der Waals surface area contributed by atoms with E-state index in [0.29, 0.717) is 24.1 Å². The first-order chi connectivity index (χ1) is 8.95. The lowest BCUT2D eigenvalue weighted by Crippen LogP contribution is -2.43. The summed E-state index contributed by atoms with van der Waals surface area (Å²) in [5.41, 5.74) is 6.57. The summed E-state index contributed by atoms with van der Waals surface area (Å²) in [6, 6.07) is 1.89. The van der Waals surface area contributed by atoms with E-state index in [1.165, 1.54) is 6.07 Å². The number of nitrogens with two attached hydrogens (primary N) is 1. The molecule has 104 valence electrons. The standard InChI is InChI=1S/C14H18F2N2O/c1-8(7-17)14(19)18-4-3-11-12(9(18)2)5-10(15)6-13(11)16/h5-6,8-9H,3-4,7,17H2,1-2H3. The Morgan fingerprint density at radius 2 is 2.21 bits per heavy atom. The van der Waals surface area contributed by atoms with Crippen molar-refractivity contribution in [3.8, 4) is 0 Å². The predicted molar refractivity (Wildman–Crippen MR) is 68.4 cm³/mol. The topological polar surface area (TPSA) is 46.3 Å². The molecule has 1 heterocycles. The van der Waals surface area contributed by atoms with Gasteiger partial charge in [-0.2, -0.15) is 0 Å². The van der Waals surface area contributed by atoms with E-state index >= 15 is 0 Å². The van der Waals surface area contributed by atoms with Gasteiger partial charge in [-0.3, -0.25) is 4.79 Å². The lowest BCUT2D eigenvalue weighted by molar-refractivity contribution is -0.137. The van der Waals surface area contributed by atoms with Crippen LogP contribution >= 0.6 is 0 Å². The van der Waals surface area contributed by atoms with E-state index in [0.717, 1.165) is 6.07 Å².